The molecule has 0 fully saturated rings. The number of hydrogen-bond acceptors (Lipinski definition) is 6. The average Bonchev–Trinajstić information content (AvgIpc) is 3.12. The van der Waals surface area contributed by atoms with E-state index in [9.17, 15) is 0 Å². The predicted molar refractivity (Wildman–Crippen MR) is 89.4 cm³/mol. The Hall–Kier alpha value is -3.02. The lowest BCUT2D eigenvalue weighted by molar-refractivity contribution is 0.340. The fourth-order valence-corrected chi connectivity index (χ4v) is 2.32. The largest absolute Gasteiger partial charge is 0.494 e. The summed E-state index contributed by atoms with van der Waals surface area (Å²) >= 11 is 0. The molecule has 0 aliphatic rings. The van der Waals surface area contributed by atoms with Crippen LogP contribution >= 0.6 is 0 Å². The Balaban J connectivity index is 1.92. The van der Waals surface area contributed by atoms with E-state index in [1.54, 1.807) is 26.4 Å². The molecule has 2 aromatic carbocycles. The molecule has 0 aliphatic heterocycles. The van der Waals surface area contributed by atoms with Crippen molar-refractivity contribution in [2.75, 3.05) is 20.8 Å². The average molecular weight is 326 g/mol. The number of benzene rings is 2. The van der Waals surface area contributed by atoms with Crippen LogP contribution in [0.1, 0.15) is 6.92 Å². The number of methoxy groups -OCH3 is 2. The maximum atomic E-state index is 5.50. The second-order valence-corrected chi connectivity index (χ2v) is 4.95. The molecule has 1 heterocycles. The van der Waals surface area contributed by atoms with Crippen molar-refractivity contribution in [2.45, 2.75) is 6.92 Å². The quantitative estimate of drug-likeness (QED) is 0.686. The van der Waals surface area contributed by atoms with E-state index >= 15 is 0 Å². The zero-order valence-corrected chi connectivity index (χ0v) is 13.8. The van der Waals surface area contributed by atoms with Gasteiger partial charge in [-0.25, -0.2) is 0 Å². The van der Waals surface area contributed by atoms with Crippen LogP contribution in [0.25, 0.3) is 22.8 Å². The Bertz CT molecular complexity index is 829. The molecule has 0 unspecified atom stereocenters. The SMILES string of the molecule is CCOc1cccc(-c2noc(-c3ccc(OC)c(OC)c3)n2)c1. The van der Waals surface area contributed by atoms with Gasteiger partial charge in [-0.2, -0.15) is 4.98 Å². The van der Waals surface area contributed by atoms with E-state index in [1.165, 1.54) is 0 Å². The number of nitrogens with zero attached hydrogens (tertiary/aromatic N) is 2. The maximum Gasteiger partial charge on any atom is 0.258 e. The van der Waals surface area contributed by atoms with Crippen molar-refractivity contribution in [3.63, 3.8) is 0 Å². The summed E-state index contributed by atoms with van der Waals surface area (Å²) in [5.74, 6) is 2.93. The van der Waals surface area contributed by atoms with Gasteiger partial charge in [-0.05, 0) is 37.3 Å². The minimum Gasteiger partial charge on any atom is -0.494 e. The number of aromatic nitrogens is 2. The molecule has 24 heavy (non-hydrogen) atoms. The Kier molecular flexibility index (Phi) is 4.65. The van der Waals surface area contributed by atoms with Crippen LogP contribution in [0, 0.1) is 0 Å². The minimum absolute atomic E-state index is 0.410. The fraction of sp³-hybridized carbons (Fsp3) is 0.222. The molecule has 6 nitrogen and oxygen atoms in total. The molecule has 3 rings (SSSR count). The highest BCUT2D eigenvalue weighted by Crippen LogP contribution is 2.32. The van der Waals surface area contributed by atoms with Crippen LogP contribution in [-0.2, 0) is 0 Å². The monoisotopic (exact) mass is 326 g/mol. The van der Waals surface area contributed by atoms with Crippen LogP contribution in [0.2, 0.25) is 0 Å². The highest BCUT2D eigenvalue weighted by molar-refractivity contribution is 5.63. The Morgan fingerprint density at radius 3 is 2.54 bits per heavy atom. The van der Waals surface area contributed by atoms with Crippen molar-refractivity contribution in [1.29, 1.82) is 0 Å². The lowest BCUT2D eigenvalue weighted by Crippen LogP contribution is -1.92. The van der Waals surface area contributed by atoms with E-state index in [0.29, 0.717) is 29.8 Å². The number of ether oxygens (including phenoxy) is 3. The van der Waals surface area contributed by atoms with E-state index < -0.39 is 0 Å². The van der Waals surface area contributed by atoms with Crippen LogP contribution in [0.5, 0.6) is 17.2 Å². The first-order chi connectivity index (χ1) is 11.7. The molecule has 0 bridgehead atoms. The molecule has 0 spiro atoms. The molecular weight excluding hydrogens is 308 g/mol. The normalized spacial score (nSPS) is 10.5. The molecule has 124 valence electrons. The van der Waals surface area contributed by atoms with Gasteiger partial charge in [0.25, 0.3) is 5.89 Å². The van der Waals surface area contributed by atoms with Gasteiger partial charge >= 0.3 is 0 Å². The summed E-state index contributed by atoms with van der Waals surface area (Å²) < 4.78 is 21.4. The Morgan fingerprint density at radius 1 is 0.958 bits per heavy atom. The van der Waals surface area contributed by atoms with Crippen LogP contribution in [0.15, 0.2) is 47.0 Å². The first-order valence-electron chi connectivity index (χ1n) is 7.54. The van der Waals surface area contributed by atoms with Crippen molar-refractivity contribution in [1.82, 2.24) is 10.1 Å². The lowest BCUT2D eigenvalue weighted by atomic mass is 10.2. The van der Waals surface area contributed by atoms with Gasteiger partial charge < -0.3 is 18.7 Å². The number of hydrogen-bond donors (Lipinski definition) is 0. The molecule has 3 aromatic rings. The highest BCUT2D eigenvalue weighted by atomic mass is 16.5. The first kappa shape index (κ1) is 15.9. The molecular formula is C18H18N2O4. The van der Waals surface area contributed by atoms with Crippen LogP contribution in [-0.4, -0.2) is 31.0 Å². The van der Waals surface area contributed by atoms with Crippen molar-refractivity contribution in [3.8, 4) is 40.1 Å². The zero-order valence-electron chi connectivity index (χ0n) is 13.8. The van der Waals surface area contributed by atoms with Gasteiger partial charge in [-0.15, -0.1) is 0 Å². The minimum atomic E-state index is 0.410. The van der Waals surface area contributed by atoms with E-state index in [1.807, 2.05) is 37.3 Å². The third kappa shape index (κ3) is 3.17. The molecule has 0 atom stereocenters. The second-order valence-electron chi connectivity index (χ2n) is 4.95. The molecule has 0 saturated heterocycles. The summed E-state index contributed by atoms with van der Waals surface area (Å²) in [5.41, 5.74) is 1.59. The van der Waals surface area contributed by atoms with Crippen molar-refractivity contribution in [2.24, 2.45) is 0 Å². The smallest absolute Gasteiger partial charge is 0.258 e. The van der Waals surface area contributed by atoms with Gasteiger partial charge in [0.1, 0.15) is 5.75 Å². The Morgan fingerprint density at radius 2 is 1.79 bits per heavy atom. The molecule has 0 radical (unpaired) electrons. The first-order valence-corrected chi connectivity index (χ1v) is 7.54. The molecule has 6 heteroatoms. The third-order valence-electron chi connectivity index (χ3n) is 3.46. The summed E-state index contributed by atoms with van der Waals surface area (Å²) in [6, 6.07) is 13.0. The topological polar surface area (TPSA) is 66.6 Å². The van der Waals surface area contributed by atoms with E-state index in [0.717, 1.165) is 16.9 Å². The third-order valence-corrected chi connectivity index (χ3v) is 3.46. The summed E-state index contributed by atoms with van der Waals surface area (Å²) in [4.78, 5) is 4.45. The summed E-state index contributed by atoms with van der Waals surface area (Å²) in [5, 5.41) is 4.05. The number of rotatable bonds is 6. The second kappa shape index (κ2) is 7.04. The van der Waals surface area contributed by atoms with Gasteiger partial charge in [0.15, 0.2) is 11.5 Å². The molecule has 0 saturated carbocycles. The van der Waals surface area contributed by atoms with Gasteiger partial charge in [0, 0.05) is 11.1 Å². The molecule has 0 N–H and O–H groups in total. The van der Waals surface area contributed by atoms with E-state index in [4.69, 9.17) is 18.7 Å². The van der Waals surface area contributed by atoms with E-state index in [-0.39, 0.29) is 0 Å². The van der Waals surface area contributed by atoms with Crippen molar-refractivity contribution >= 4 is 0 Å². The summed E-state index contributed by atoms with van der Waals surface area (Å²) in [7, 11) is 3.17. The zero-order chi connectivity index (χ0) is 16.9. The van der Waals surface area contributed by atoms with Crippen LogP contribution in [0.4, 0.5) is 0 Å². The van der Waals surface area contributed by atoms with Crippen LogP contribution in [0.3, 0.4) is 0 Å². The van der Waals surface area contributed by atoms with Gasteiger partial charge in [-0.3, -0.25) is 0 Å². The fourth-order valence-electron chi connectivity index (χ4n) is 2.32. The van der Waals surface area contributed by atoms with E-state index in [2.05, 4.69) is 10.1 Å². The van der Waals surface area contributed by atoms with Gasteiger partial charge in [-0.1, -0.05) is 17.3 Å². The molecule has 1 aromatic heterocycles. The van der Waals surface area contributed by atoms with Gasteiger partial charge in [0.05, 0.1) is 20.8 Å². The molecule has 0 aliphatic carbocycles. The maximum absolute atomic E-state index is 5.50. The summed E-state index contributed by atoms with van der Waals surface area (Å²) in [6.45, 7) is 2.54. The summed E-state index contributed by atoms with van der Waals surface area (Å²) in [6.07, 6.45) is 0. The highest BCUT2D eigenvalue weighted by Gasteiger charge is 2.13. The lowest BCUT2D eigenvalue weighted by Gasteiger charge is -2.07. The predicted octanol–water partition coefficient (Wildman–Crippen LogP) is 3.82. The van der Waals surface area contributed by atoms with Crippen LogP contribution < -0.4 is 14.2 Å². The van der Waals surface area contributed by atoms with Gasteiger partial charge in [0.2, 0.25) is 5.82 Å². The van der Waals surface area contributed by atoms with Crippen molar-refractivity contribution < 1.29 is 18.7 Å². The molecule has 0 amide bonds. The Labute approximate surface area is 140 Å². The standard InChI is InChI=1S/C18H18N2O4/c1-4-23-14-7-5-6-12(10-14)17-19-18(24-20-17)13-8-9-15(21-2)16(11-13)22-3/h5-11H,4H2,1-3H3. The van der Waals surface area contributed by atoms with Crippen molar-refractivity contribution in [3.05, 3.63) is 42.5 Å².